The van der Waals surface area contributed by atoms with E-state index in [1.807, 2.05) is 12.1 Å². The molecule has 0 fully saturated rings. The molecule has 0 aliphatic heterocycles. The van der Waals surface area contributed by atoms with Gasteiger partial charge in [0.2, 0.25) is 0 Å². The van der Waals surface area contributed by atoms with Gasteiger partial charge in [0.25, 0.3) is 0 Å². The first-order valence-corrected chi connectivity index (χ1v) is 33.1. The Kier molecular flexibility index (Phi) is 9.88. The van der Waals surface area contributed by atoms with E-state index < -0.39 is 21.5 Å². The van der Waals surface area contributed by atoms with Crippen LogP contribution in [0, 0.1) is 0 Å². The summed E-state index contributed by atoms with van der Waals surface area (Å²) >= 11 is -4.89. The number of hydrogen-bond donors (Lipinski definition) is 0. The molecule has 0 bridgehead atoms. The van der Waals surface area contributed by atoms with Crippen LogP contribution in [0.1, 0.15) is 56.2 Å². The molecule has 0 radical (unpaired) electrons. The Morgan fingerprint density at radius 1 is 0.583 bits per heavy atom. The Labute approximate surface area is 294 Å². The van der Waals surface area contributed by atoms with Gasteiger partial charge in [-0.05, 0) is 0 Å². The first kappa shape index (κ1) is 35.1. The standard InChI is InChI=1S/2C19H19O2.C2H7Si.2ClH.Zr/c2*1-4-13-10-14-6-5-7-16(17(14)11-13)15-8-9-18(20-2)19(12-15)21-3;1-3-2;;;/h2*5-12H,4H2,1-3H3;3H,1-2H3;2*1H;/q;;;;;+2/p-2. The Morgan fingerprint density at radius 3 is 1.31 bits per heavy atom. The van der Waals surface area contributed by atoms with Crippen molar-refractivity contribution in [1.82, 2.24) is 0 Å². The van der Waals surface area contributed by atoms with Crippen molar-refractivity contribution in [3.8, 4) is 45.3 Å². The molecule has 2 unspecified atom stereocenters. The van der Waals surface area contributed by atoms with Crippen molar-refractivity contribution in [3.63, 3.8) is 0 Å². The van der Waals surface area contributed by atoms with Crippen molar-refractivity contribution in [1.29, 1.82) is 0 Å². The summed E-state index contributed by atoms with van der Waals surface area (Å²) < 4.78 is 22.5. The van der Waals surface area contributed by atoms with Crippen molar-refractivity contribution in [3.05, 3.63) is 106 Å². The van der Waals surface area contributed by atoms with Crippen LogP contribution < -0.4 is 18.9 Å². The van der Waals surface area contributed by atoms with E-state index in [0.29, 0.717) is 23.0 Å². The molecule has 4 nitrogen and oxygen atoms in total. The van der Waals surface area contributed by atoms with Crippen LogP contribution in [0.2, 0.25) is 13.1 Å². The molecular formula is C40H45Cl2O4SiZr. The molecule has 4 aromatic carbocycles. The first-order chi connectivity index (χ1) is 23.0. The Morgan fingerprint density at radius 2 is 0.979 bits per heavy atom. The maximum atomic E-state index is 8.60. The molecule has 2 atom stereocenters. The molecule has 0 spiro atoms. The van der Waals surface area contributed by atoms with Gasteiger partial charge >= 0.3 is 297 Å². The zero-order chi connectivity index (χ0) is 34.4. The summed E-state index contributed by atoms with van der Waals surface area (Å²) in [5.41, 5.74) is 12.2. The molecule has 251 valence electrons. The van der Waals surface area contributed by atoms with Crippen molar-refractivity contribution in [2.45, 2.75) is 47.0 Å². The van der Waals surface area contributed by atoms with Crippen LogP contribution in [0.15, 0.2) is 83.9 Å². The molecule has 2 aliphatic rings. The van der Waals surface area contributed by atoms with Crippen LogP contribution in [0.25, 0.3) is 34.4 Å². The zero-order valence-corrected chi connectivity index (χ0v) is 34.2. The molecule has 4 aromatic rings. The molecule has 0 N–H and O–H groups in total. The fourth-order valence-corrected chi connectivity index (χ4v) is 40.0. The van der Waals surface area contributed by atoms with Gasteiger partial charge in [0, 0.05) is 0 Å². The Hall–Kier alpha value is -2.76. The minimum absolute atomic E-state index is 0.0252. The number of hydrogen-bond acceptors (Lipinski definition) is 4. The predicted molar refractivity (Wildman–Crippen MR) is 203 cm³/mol. The molecule has 0 aromatic heterocycles. The molecule has 8 heteroatoms. The SMILES string of the molecule is CCC1=Cc2c(-c3ccc(OC)c(OC)c3)cccc2[CH]1[Zr]([Cl])([Cl])([CH]1C(CC)=Cc2c(-c3ccc(OC)c(OC)c3)cccc21)[SiH](C)C. The monoisotopic (exact) mass is 777 g/mol. The van der Waals surface area contributed by atoms with E-state index in [1.165, 1.54) is 33.4 Å². The van der Waals surface area contributed by atoms with Gasteiger partial charge in [-0.15, -0.1) is 0 Å². The third kappa shape index (κ3) is 5.43. The van der Waals surface area contributed by atoms with Crippen molar-refractivity contribution < 1.29 is 34.5 Å². The van der Waals surface area contributed by atoms with Gasteiger partial charge in [0.05, 0.1) is 0 Å². The second-order valence-corrected chi connectivity index (χ2v) is 55.7. The quantitative estimate of drug-likeness (QED) is 0.142. The van der Waals surface area contributed by atoms with E-state index in [2.05, 4.69) is 99.8 Å². The number of allylic oxidation sites excluding steroid dienone is 2. The van der Waals surface area contributed by atoms with Crippen LogP contribution >= 0.6 is 17.0 Å². The number of fused-ring (bicyclic) bond motifs is 2. The van der Waals surface area contributed by atoms with Gasteiger partial charge in [-0.1, -0.05) is 0 Å². The summed E-state index contributed by atoms with van der Waals surface area (Å²) in [5, 5.41) is 0. The van der Waals surface area contributed by atoms with Gasteiger partial charge in [0.1, 0.15) is 0 Å². The van der Waals surface area contributed by atoms with E-state index >= 15 is 0 Å². The number of halogens is 2. The van der Waals surface area contributed by atoms with E-state index in [-0.39, 0.29) is 7.25 Å². The fraction of sp³-hybridized carbons (Fsp3) is 0.300. The van der Waals surface area contributed by atoms with E-state index in [1.54, 1.807) is 28.4 Å². The van der Waals surface area contributed by atoms with Crippen LogP contribution in [-0.2, 0) is 15.6 Å². The Balaban J connectivity index is 1.55. The molecule has 2 aliphatic carbocycles. The predicted octanol–water partition coefficient (Wildman–Crippen LogP) is 11.4. The fourth-order valence-electron chi connectivity index (χ4n) is 8.19. The van der Waals surface area contributed by atoms with Crippen molar-refractivity contribution >= 4 is 35.1 Å². The summed E-state index contributed by atoms with van der Waals surface area (Å²) in [7, 11) is 23.9. The zero-order valence-electron chi connectivity index (χ0n) is 29.1. The van der Waals surface area contributed by atoms with Gasteiger partial charge in [-0.3, -0.25) is 0 Å². The molecule has 6 rings (SSSR count). The van der Waals surface area contributed by atoms with Crippen LogP contribution in [0.3, 0.4) is 0 Å². The van der Waals surface area contributed by atoms with Crippen molar-refractivity contribution in [2.75, 3.05) is 28.4 Å². The third-order valence-corrected chi connectivity index (χ3v) is 62.6. The van der Waals surface area contributed by atoms with Crippen LogP contribution in [0.5, 0.6) is 23.0 Å². The van der Waals surface area contributed by atoms with Crippen LogP contribution in [0.4, 0.5) is 0 Å². The Bertz CT molecular complexity index is 1820. The summed E-state index contributed by atoms with van der Waals surface area (Å²) in [6.45, 7) is 9.30. The second kappa shape index (κ2) is 13.5. The number of benzene rings is 4. The van der Waals surface area contributed by atoms with Crippen molar-refractivity contribution in [2.24, 2.45) is 0 Å². The topological polar surface area (TPSA) is 36.9 Å². The molecule has 48 heavy (non-hydrogen) atoms. The minimum atomic E-state index is -4.89. The molecular weight excluding hydrogens is 735 g/mol. The maximum absolute atomic E-state index is 8.60. The average molecular weight is 780 g/mol. The van der Waals surface area contributed by atoms with Gasteiger partial charge in [-0.2, -0.15) is 0 Å². The molecule has 0 saturated carbocycles. The third-order valence-electron chi connectivity index (χ3n) is 10.7. The molecule has 0 saturated heterocycles. The van der Waals surface area contributed by atoms with E-state index in [4.69, 9.17) is 36.0 Å². The van der Waals surface area contributed by atoms with Gasteiger partial charge in [-0.25, -0.2) is 0 Å². The van der Waals surface area contributed by atoms with E-state index in [0.717, 1.165) is 35.1 Å². The summed E-state index contributed by atoms with van der Waals surface area (Å²) in [4.78, 5) is 0. The first-order valence-electron chi connectivity index (χ1n) is 16.7. The van der Waals surface area contributed by atoms with Gasteiger partial charge < -0.3 is 0 Å². The molecule has 0 heterocycles. The van der Waals surface area contributed by atoms with E-state index in [9.17, 15) is 0 Å². The van der Waals surface area contributed by atoms with Gasteiger partial charge in [0.15, 0.2) is 0 Å². The number of rotatable bonds is 11. The normalized spacial score (nSPS) is 17.6. The molecule has 0 amide bonds. The number of methoxy groups -OCH3 is 4. The summed E-state index contributed by atoms with van der Waals surface area (Å²) in [6.07, 6.45) is 6.58. The summed E-state index contributed by atoms with van der Waals surface area (Å²) in [5.74, 6) is 1.16. The van der Waals surface area contributed by atoms with Crippen LogP contribution in [-0.4, -0.2) is 34.4 Å². The number of ether oxygens (including phenoxy) is 4. The average Bonchev–Trinajstić information content (AvgIpc) is 3.71. The second-order valence-electron chi connectivity index (χ2n) is 13.1. The summed E-state index contributed by atoms with van der Waals surface area (Å²) in [6, 6.07) is 25.6.